The summed E-state index contributed by atoms with van der Waals surface area (Å²) >= 11 is 1.80. The molecule has 3 heterocycles. The summed E-state index contributed by atoms with van der Waals surface area (Å²) in [6, 6.07) is 51.0. The third kappa shape index (κ3) is 4.27. The first kappa shape index (κ1) is 25.0. The first-order chi connectivity index (χ1) is 21.7. The van der Waals surface area contributed by atoms with E-state index in [1.807, 2.05) is 30.3 Å². The predicted molar refractivity (Wildman–Crippen MR) is 184 cm³/mol. The highest BCUT2D eigenvalue weighted by Gasteiger charge is 2.15. The molecule has 9 rings (SSSR count). The highest BCUT2D eigenvalue weighted by molar-refractivity contribution is 7.25. The quantitative estimate of drug-likeness (QED) is 0.208. The van der Waals surface area contributed by atoms with Crippen molar-refractivity contribution >= 4 is 53.3 Å². The van der Waals surface area contributed by atoms with Gasteiger partial charge in [-0.2, -0.15) is 0 Å². The Bertz CT molecular complexity index is 2480. The molecule has 3 aromatic heterocycles. The van der Waals surface area contributed by atoms with Crippen LogP contribution in [0.1, 0.15) is 0 Å². The molecule has 206 valence electrons. The lowest BCUT2D eigenvalue weighted by Crippen LogP contribution is -1.95. The van der Waals surface area contributed by atoms with Crippen LogP contribution < -0.4 is 0 Å². The van der Waals surface area contributed by atoms with Crippen LogP contribution in [0.25, 0.3) is 87.1 Å². The Balaban J connectivity index is 1.20. The number of benzene rings is 6. The van der Waals surface area contributed by atoms with Crippen LogP contribution in [0.15, 0.2) is 150 Å². The van der Waals surface area contributed by atoms with Gasteiger partial charge in [-0.3, -0.25) is 0 Å². The highest BCUT2D eigenvalue weighted by atomic mass is 32.1. The summed E-state index contributed by atoms with van der Waals surface area (Å²) in [7, 11) is 0. The Kier molecular flexibility index (Phi) is 5.68. The second kappa shape index (κ2) is 10.0. The van der Waals surface area contributed by atoms with Gasteiger partial charge in [0.2, 0.25) is 0 Å². The highest BCUT2D eigenvalue weighted by Crippen LogP contribution is 2.37. The molecular formula is C40H24N2OS. The predicted octanol–water partition coefficient (Wildman–Crippen LogP) is 11.4. The lowest BCUT2D eigenvalue weighted by molar-refractivity contribution is 0.628. The fourth-order valence-electron chi connectivity index (χ4n) is 6.04. The Morgan fingerprint density at radius 1 is 0.432 bits per heavy atom. The average Bonchev–Trinajstić information content (AvgIpc) is 3.69. The van der Waals surface area contributed by atoms with Gasteiger partial charge in [-0.05, 0) is 64.4 Å². The summed E-state index contributed by atoms with van der Waals surface area (Å²) in [6.07, 6.45) is 0. The minimum Gasteiger partial charge on any atom is -0.454 e. The lowest BCUT2D eigenvalue weighted by atomic mass is 9.99. The van der Waals surface area contributed by atoms with Crippen LogP contribution in [0.2, 0.25) is 0 Å². The zero-order valence-electron chi connectivity index (χ0n) is 23.6. The molecule has 0 saturated carbocycles. The minimum atomic E-state index is 0.678. The van der Waals surface area contributed by atoms with E-state index in [2.05, 4.69) is 115 Å². The molecule has 0 aliphatic carbocycles. The largest absolute Gasteiger partial charge is 0.454 e. The van der Waals surface area contributed by atoms with Crippen molar-refractivity contribution in [2.75, 3.05) is 0 Å². The molecule has 0 bridgehead atoms. The van der Waals surface area contributed by atoms with Gasteiger partial charge in [-0.25, -0.2) is 9.97 Å². The standard InChI is InChI=1S/C40H24N2OS/c1-2-8-25(9-3-1)26-14-15-28-21-29(17-16-27(28)20-26)34-24-35(37-22-30-10-4-6-12-36(30)43-37)42-40(41-34)31-18-19-33-32-11-5-7-13-38(32)44-39(33)23-31/h1-24H. The van der Waals surface area contributed by atoms with Gasteiger partial charge in [0.25, 0.3) is 0 Å². The molecule has 0 amide bonds. The van der Waals surface area contributed by atoms with Crippen molar-refractivity contribution in [2.24, 2.45) is 0 Å². The Morgan fingerprint density at radius 3 is 2.02 bits per heavy atom. The summed E-state index contributed by atoms with van der Waals surface area (Å²) in [5.74, 6) is 1.41. The van der Waals surface area contributed by atoms with Crippen molar-refractivity contribution in [1.29, 1.82) is 0 Å². The van der Waals surface area contributed by atoms with Gasteiger partial charge in [0.15, 0.2) is 11.6 Å². The van der Waals surface area contributed by atoms with Crippen molar-refractivity contribution in [3.05, 3.63) is 146 Å². The Morgan fingerprint density at radius 2 is 1.14 bits per heavy atom. The number of hydrogen-bond acceptors (Lipinski definition) is 4. The number of rotatable bonds is 4. The van der Waals surface area contributed by atoms with E-state index in [9.17, 15) is 0 Å². The van der Waals surface area contributed by atoms with Gasteiger partial charge in [0, 0.05) is 36.7 Å². The van der Waals surface area contributed by atoms with Crippen LogP contribution in [-0.4, -0.2) is 9.97 Å². The summed E-state index contributed by atoms with van der Waals surface area (Å²) < 4.78 is 8.79. The molecular weight excluding hydrogens is 557 g/mol. The molecule has 3 nitrogen and oxygen atoms in total. The molecule has 44 heavy (non-hydrogen) atoms. The molecule has 0 N–H and O–H groups in total. The zero-order valence-corrected chi connectivity index (χ0v) is 24.4. The van der Waals surface area contributed by atoms with E-state index >= 15 is 0 Å². The van der Waals surface area contributed by atoms with Crippen LogP contribution in [0.3, 0.4) is 0 Å². The molecule has 0 aliphatic heterocycles. The molecule has 9 aromatic rings. The maximum atomic E-state index is 6.28. The minimum absolute atomic E-state index is 0.678. The Labute approximate surface area is 257 Å². The summed E-state index contributed by atoms with van der Waals surface area (Å²) in [4.78, 5) is 10.2. The van der Waals surface area contributed by atoms with Crippen molar-refractivity contribution < 1.29 is 4.42 Å². The monoisotopic (exact) mass is 580 g/mol. The fourth-order valence-corrected chi connectivity index (χ4v) is 7.18. The summed E-state index contributed by atoms with van der Waals surface area (Å²) in [6.45, 7) is 0. The van der Waals surface area contributed by atoms with Gasteiger partial charge >= 0.3 is 0 Å². The van der Waals surface area contributed by atoms with E-state index in [0.717, 1.165) is 39.2 Å². The summed E-state index contributed by atoms with van der Waals surface area (Å²) in [5.41, 5.74) is 6.90. The van der Waals surface area contributed by atoms with E-state index in [1.165, 1.54) is 42.1 Å². The smallest absolute Gasteiger partial charge is 0.160 e. The number of fused-ring (bicyclic) bond motifs is 5. The van der Waals surface area contributed by atoms with Gasteiger partial charge in [0.05, 0.1) is 5.69 Å². The van der Waals surface area contributed by atoms with E-state index in [1.54, 1.807) is 11.3 Å². The number of aromatic nitrogens is 2. The number of thiophene rings is 1. The first-order valence-electron chi connectivity index (χ1n) is 14.6. The molecule has 0 radical (unpaired) electrons. The fraction of sp³-hybridized carbons (Fsp3) is 0. The number of furan rings is 1. The van der Waals surface area contributed by atoms with E-state index < -0.39 is 0 Å². The lowest BCUT2D eigenvalue weighted by Gasteiger charge is -2.10. The van der Waals surface area contributed by atoms with Crippen molar-refractivity contribution in [3.63, 3.8) is 0 Å². The molecule has 0 unspecified atom stereocenters. The first-order valence-corrected chi connectivity index (χ1v) is 15.5. The van der Waals surface area contributed by atoms with Crippen molar-refractivity contribution in [3.8, 4) is 45.2 Å². The topological polar surface area (TPSA) is 38.9 Å². The van der Waals surface area contributed by atoms with Crippen LogP contribution in [-0.2, 0) is 0 Å². The molecule has 4 heteroatoms. The Hall–Kier alpha value is -5.58. The van der Waals surface area contributed by atoms with Crippen molar-refractivity contribution in [2.45, 2.75) is 0 Å². The van der Waals surface area contributed by atoms with E-state index in [-0.39, 0.29) is 0 Å². The van der Waals surface area contributed by atoms with Crippen LogP contribution in [0.5, 0.6) is 0 Å². The van der Waals surface area contributed by atoms with Crippen LogP contribution in [0, 0.1) is 0 Å². The molecule has 6 aromatic carbocycles. The van der Waals surface area contributed by atoms with Crippen LogP contribution >= 0.6 is 11.3 Å². The second-order valence-electron chi connectivity index (χ2n) is 11.1. The van der Waals surface area contributed by atoms with Gasteiger partial charge in [-0.15, -0.1) is 11.3 Å². The SMILES string of the molecule is c1ccc(-c2ccc3cc(-c4cc(-c5cc6ccccc6o5)nc(-c5ccc6c(c5)sc5ccccc56)n4)ccc3c2)cc1. The molecule has 0 saturated heterocycles. The van der Waals surface area contributed by atoms with Gasteiger partial charge in [0.1, 0.15) is 11.3 Å². The van der Waals surface area contributed by atoms with E-state index in [0.29, 0.717) is 5.82 Å². The number of para-hydroxylation sites is 1. The zero-order chi connectivity index (χ0) is 29.0. The van der Waals surface area contributed by atoms with Crippen molar-refractivity contribution in [1.82, 2.24) is 9.97 Å². The molecule has 0 spiro atoms. The average molecular weight is 581 g/mol. The van der Waals surface area contributed by atoms with Gasteiger partial charge < -0.3 is 4.42 Å². The van der Waals surface area contributed by atoms with Crippen LogP contribution in [0.4, 0.5) is 0 Å². The third-order valence-electron chi connectivity index (χ3n) is 8.28. The maximum absolute atomic E-state index is 6.28. The number of nitrogens with zero attached hydrogens (tertiary/aromatic N) is 2. The normalized spacial score (nSPS) is 11.6. The number of hydrogen-bond donors (Lipinski definition) is 0. The second-order valence-corrected chi connectivity index (χ2v) is 12.1. The molecule has 0 atom stereocenters. The summed E-state index contributed by atoms with van der Waals surface area (Å²) in [5, 5.41) is 5.95. The molecule has 0 aliphatic rings. The maximum Gasteiger partial charge on any atom is 0.160 e. The van der Waals surface area contributed by atoms with Gasteiger partial charge in [-0.1, -0.05) is 103 Å². The van der Waals surface area contributed by atoms with E-state index in [4.69, 9.17) is 14.4 Å². The third-order valence-corrected chi connectivity index (χ3v) is 9.42. The molecule has 0 fully saturated rings.